The number of hydrazine groups is 1. The Balaban J connectivity index is 2.47. The van der Waals surface area contributed by atoms with E-state index in [1.807, 2.05) is 0 Å². The van der Waals surface area contributed by atoms with Crippen molar-refractivity contribution >= 4 is 22.6 Å². The highest BCUT2D eigenvalue weighted by Gasteiger charge is 2.38. The quantitative estimate of drug-likeness (QED) is 0.272. The first-order valence-electron chi connectivity index (χ1n) is 1.91. The molecule has 0 unspecified atom stereocenters. The molecule has 0 bridgehead atoms. The Morgan fingerprint density at radius 1 is 1.71 bits per heavy atom. The first-order valence-corrected chi connectivity index (χ1v) is 3.44. The van der Waals surface area contributed by atoms with Crippen molar-refractivity contribution < 1.29 is 0 Å². The summed E-state index contributed by atoms with van der Waals surface area (Å²) >= 11 is 2.23. The van der Waals surface area contributed by atoms with E-state index in [-0.39, 0.29) is 5.66 Å². The third kappa shape index (κ3) is 0.876. The topological polar surface area (TPSA) is 43.9 Å². The summed E-state index contributed by atoms with van der Waals surface area (Å²) in [6, 6.07) is 0. The lowest BCUT2D eigenvalue weighted by Gasteiger charge is -1.90. The second-order valence-electron chi connectivity index (χ2n) is 1.43. The fourth-order valence-electron chi connectivity index (χ4n) is 0.253. The SMILES string of the molecule is C#CC1(CI)NN1. The molecule has 38 valence electrons. The van der Waals surface area contributed by atoms with E-state index in [9.17, 15) is 0 Å². The van der Waals surface area contributed by atoms with Gasteiger partial charge < -0.3 is 0 Å². The lowest BCUT2D eigenvalue weighted by Crippen LogP contribution is -2.15. The maximum Gasteiger partial charge on any atom is 0.166 e. The number of hydrogen-bond donors (Lipinski definition) is 2. The van der Waals surface area contributed by atoms with Crippen molar-refractivity contribution in [3.63, 3.8) is 0 Å². The molecule has 0 radical (unpaired) electrons. The third-order valence-corrected chi connectivity index (χ3v) is 2.02. The normalized spacial score (nSPS) is 23.4. The van der Waals surface area contributed by atoms with Crippen LogP contribution in [-0.4, -0.2) is 10.1 Å². The van der Waals surface area contributed by atoms with Gasteiger partial charge >= 0.3 is 0 Å². The number of rotatable bonds is 1. The first-order chi connectivity index (χ1) is 3.33. The Morgan fingerprint density at radius 2 is 2.29 bits per heavy atom. The van der Waals surface area contributed by atoms with Crippen LogP contribution >= 0.6 is 22.6 Å². The van der Waals surface area contributed by atoms with E-state index in [0.717, 1.165) is 4.43 Å². The minimum atomic E-state index is -0.152. The van der Waals surface area contributed by atoms with Crippen molar-refractivity contribution in [1.29, 1.82) is 0 Å². The molecule has 1 aliphatic heterocycles. The lowest BCUT2D eigenvalue weighted by atomic mass is 10.3. The summed E-state index contributed by atoms with van der Waals surface area (Å²) in [5, 5.41) is 0. The molecule has 0 aliphatic carbocycles. The molecule has 1 heterocycles. The maximum absolute atomic E-state index is 5.10. The van der Waals surface area contributed by atoms with Gasteiger partial charge in [0.05, 0.1) is 0 Å². The van der Waals surface area contributed by atoms with Crippen molar-refractivity contribution in [3.8, 4) is 12.3 Å². The Labute approximate surface area is 56.2 Å². The summed E-state index contributed by atoms with van der Waals surface area (Å²) in [6.45, 7) is 0. The average Bonchev–Trinajstić information content (AvgIpc) is 2.46. The molecule has 2 nitrogen and oxygen atoms in total. The third-order valence-electron chi connectivity index (χ3n) is 0.874. The van der Waals surface area contributed by atoms with Crippen LogP contribution in [0.15, 0.2) is 0 Å². The molecular formula is C4H5IN2. The van der Waals surface area contributed by atoms with Crippen LogP contribution in [0, 0.1) is 12.3 Å². The Morgan fingerprint density at radius 3 is 2.29 bits per heavy atom. The number of nitrogens with one attached hydrogen (secondary N) is 2. The van der Waals surface area contributed by atoms with Crippen LogP contribution in [0.3, 0.4) is 0 Å². The molecule has 0 amide bonds. The molecule has 0 saturated carbocycles. The second-order valence-corrected chi connectivity index (χ2v) is 2.20. The van der Waals surface area contributed by atoms with Crippen LogP contribution in [0.1, 0.15) is 0 Å². The highest BCUT2D eigenvalue weighted by Crippen LogP contribution is 2.10. The van der Waals surface area contributed by atoms with Crippen LogP contribution in [0.2, 0.25) is 0 Å². The largest absolute Gasteiger partial charge is 0.223 e. The molecule has 1 aliphatic rings. The van der Waals surface area contributed by atoms with Gasteiger partial charge in [-0.1, -0.05) is 28.5 Å². The van der Waals surface area contributed by atoms with Gasteiger partial charge in [-0.2, -0.15) is 0 Å². The van der Waals surface area contributed by atoms with Crippen LogP contribution in [0.25, 0.3) is 0 Å². The van der Waals surface area contributed by atoms with E-state index in [1.54, 1.807) is 0 Å². The second kappa shape index (κ2) is 1.62. The molecule has 0 atom stereocenters. The number of terminal acetylenes is 1. The van der Waals surface area contributed by atoms with Crippen LogP contribution in [0.4, 0.5) is 0 Å². The first kappa shape index (κ1) is 5.35. The molecule has 0 spiro atoms. The number of halogens is 1. The summed E-state index contributed by atoms with van der Waals surface area (Å²) in [7, 11) is 0. The summed E-state index contributed by atoms with van der Waals surface area (Å²) in [6.07, 6.45) is 5.10. The molecule has 2 N–H and O–H groups in total. The lowest BCUT2D eigenvalue weighted by molar-refractivity contribution is 0.923. The van der Waals surface area contributed by atoms with Gasteiger partial charge in [0.15, 0.2) is 5.66 Å². The van der Waals surface area contributed by atoms with Crippen molar-refractivity contribution in [1.82, 2.24) is 10.9 Å². The highest BCUT2D eigenvalue weighted by molar-refractivity contribution is 14.1. The smallest absolute Gasteiger partial charge is 0.166 e. The fourth-order valence-corrected chi connectivity index (χ4v) is 0.855. The predicted octanol–water partition coefficient (Wildman–Crippen LogP) is -0.141. The van der Waals surface area contributed by atoms with Crippen molar-refractivity contribution in [3.05, 3.63) is 0 Å². The molecule has 3 heteroatoms. The van der Waals surface area contributed by atoms with Crippen LogP contribution in [0.5, 0.6) is 0 Å². The van der Waals surface area contributed by atoms with Gasteiger partial charge in [-0.25, -0.2) is 10.9 Å². The zero-order valence-corrected chi connectivity index (χ0v) is 5.82. The monoisotopic (exact) mass is 208 g/mol. The standard InChI is InChI=1S/C4H5IN2/c1-2-4(3-5)6-7-4/h1,6-7H,3H2. The van der Waals surface area contributed by atoms with Gasteiger partial charge in [-0.15, -0.1) is 6.42 Å². The Kier molecular flexibility index (Phi) is 1.24. The molecule has 7 heavy (non-hydrogen) atoms. The van der Waals surface area contributed by atoms with E-state index in [1.165, 1.54) is 0 Å². The molecular weight excluding hydrogens is 203 g/mol. The van der Waals surface area contributed by atoms with Crippen molar-refractivity contribution in [2.24, 2.45) is 0 Å². The van der Waals surface area contributed by atoms with Gasteiger partial charge in [0, 0.05) is 4.43 Å². The minimum absolute atomic E-state index is 0.152. The zero-order chi connectivity index (χ0) is 5.33. The highest BCUT2D eigenvalue weighted by atomic mass is 127. The predicted molar refractivity (Wildman–Crippen MR) is 36.7 cm³/mol. The molecule has 0 aromatic carbocycles. The van der Waals surface area contributed by atoms with Gasteiger partial charge in [-0.3, -0.25) is 0 Å². The molecule has 1 saturated heterocycles. The van der Waals surface area contributed by atoms with E-state index in [0.29, 0.717) is 0 Å². The van der Waals surface area contributed by atoms with E-state index in [2.05, 4.69) is 39.4 Å². The number of hydrogen-bond acceptors (Lipinski definition) is 2. The molecule has 0 aromatic heterocycles. The van der Waals surface area contributed by atoms with Crippen molar-refractivity contribution in [2.45, 2.75) is 5.66 Å². The van der Waals surface area contributed by atoms with Crippen LogP contribution < -0.4 is 10.9 Å². The van der Waals surface area contributed by atoms with Crippen molar-refractivity contribution in [2.75, 3.05) is 4.43 Å². The van der Waals surface area contributed by atoms with E-state index in [4.69, 9.17) is 6.42 Å². The van der Waals surface area contributed by atoms with Crippen LogP contribution in [-0.2, 0) is 0 Å². The van der Waals surface area contributed by atoms with E-state index >= 15 is 0 Å². The average molecular weight is 208 g/mol. The molecule has 0 aromatic rings. The fraction of sp³-hybridized carbons (Fsp3) is 0.500. The summed E-state index contributed by atoms with van der Waals surface area (Å²) in [5.41, 5.74) is 5.56. The number of alkyl halides is 1. The van der Waals surface area contributed by atoms with Gasteiger partial charge in [-0.05, 0) is 0 Å². The summed E-state index contributed by atoms with van der Waals surface area (Å²) < 4.78 is 0.918. The van der Waals surface area contributed by atoms with Gasteiger partial charge in [0.25, 0.3) is 0 Å². The Hall–Kier alpha value is 0.210. The zero-order valence-electron chi connectivity index (χ0n) is 3.66. The molecule has 1 fully saturated rings. The minimum Gasteiger partial charge on any atom is -0.223 e. The Bertz CT molecular complexity index is 111. The summed E-state index contributed by atoms with van der Waals surface area (Å²) in [5.74, 6) is 2.57. The molecule has 1 rings (SSSR count). The van der Waals surface area contributed by atoms with E-state index < -0.39 is 0 Å². The summed E-state index contributed by atoms with van der Waals surface area (Å²) in [4.78, 5) is 0. The maximum atomic E-state index is 5.10. The van der Waals surface area contributed by atoms with Gasteiger partial charge in [0.2, 0.25) is 0 Å². The van der Waals surface area contributed by atoms with Gasteiger partial charge in [0.1, 0.15) is 0 Å².